The van der Waals surface area contributed by atoms with E-state index in [1.54, 1.807) is 13.2 Å². The quantitative estimate of drug-likeness (QED) is 0.834. The van der Waals surface area contributed by atoms with Crippen LogP contribution in [-0.4, -0.2) is 18.2 Å². The van der Waals surface area contributed by atoms with Crippen molar-refractivity contribution in [2.45, 2.75) is 32.2 Å². The maximum Gasteiger partial charge on any atom is 0.303 e. The molecule has 0 amide bonds. The molecular weight excluding hydrogens is 254 g/mol. The number of benzene rings is 1. The van der Waals surface area contributed by atoms with Crippen LogP contribution in [0, 0.1) is 0 Å². The summed E-state index contributed by atoms with van der Waals surface area (Å²) in [5.74, 6) is -0.231. The number of hydrogen-bond donors (Lipinski definition) is 2. The highest BCUT2D eigenvalue weighted by molar-refractivity contribution is 6.32. The van der Waals surface area contributed by atoms with E-state index >= 15 is 0 Å². The van der Waals surface area contributed by atoms with Gasteiger partial charge in [0.15, 0.2) is 0 Å². The Morgan fingerprint density at radius 3 is 2.72 bits per heavy atom. The van der Waals surface area contributed by atoms with Gasteiger partial charge < -0.3 is 15.6 Å². The molecule has 18 heavy (non-hydrogen) atoms. The lowest BCUT2D eigenvalue weighted by Gasteiger charge is -2.17. The average molecular weight is 272 g/mol. The standard InChI is InChI=1S/C13H18ClNO3/c1-3-8-6-12(18-2)10(14)7-9(8)11(15)4-5-13(16)17/h6-7,11H,3-5,15H2,1-2H3,(H,16,17). The zero-order chi connectivity index (χ0) is 13.7. The number of nitrogens with two attached hydrogens (primary N) is 1. The summed E-state index contributed by atoms with van der Waals surface area (Å²) in [5.41, 5.74) is 7.95. The van der Waals surface area contributed by atoms with E-state index in [0.29, 0.717) is 17.2 Å². The molecule has 5 heteroatoms. The Hall–Kier alpha value is -1.26. The molecule has 1 rings (SSSR count). The third kappa shape index (κ3) is 3.62. The molecule has 0 fully saturated rings. The monoisotopic (exact) mass is 271 g/mol. The highest BCUT2D eigenvalue weighted by atomic mass is 35.5. The molecule has 0 aliphatic rings. The normalized spacial score (nSPS) is 12.2. The molecule has 0 spiro atoms. The van der Waals surface area contributed by atoms with Crippen molar-refractivity contribution in [1.29, 1.82) is 0 Å². The van der Waals surface area contributed by atoms with E-state index in [1.165, 1.54) is 0 Å². The fourth-order valence-corrected chi connectivity index (χ4v) is 2.10. The molecule has 0 radical (unpaired) electrons. The molecule has 0 aliphatic heterocycles. The van der Waals surface area contributed by atoms with E-state index < -0.39 is 5.97 Å². The van der Waals surface area contributed by atoms with Gasteiger partial charge in [-0.2, -0.15) is 0 Å². The minimum absolute atomic E-state index is 0.0496. The van der Waals surface area contributed by atoms with E-state index in [4.69, 9.17) is 27.2 Å². The number of carbonyl (C=O) groups is 1. The van der Waals surface area contributed by atoms with Crippen LogP contribution in [-0.2, 0) is 11.2 Å². The van der Waals surface area contributed by atoms with Gasteiger partial charge in [0.1, 0.15) is 5.75 Å². The second kappa shape index (κ2) is 6.61. The van der Waals surface area contributed by atoms with Crippen LogP contribution < -0.4 is 10.5 Å². The Labute approximate surface area is 112 Å². The summed E-state index contributed by atoms with van der Waals surface area (Å²) in [6, 6.07) is 3.31. The zero-order valence-electron chi connectivity index (χ0n) is 10.6. The summed E-state index contributed by atoms with van der Waals surface area (Å²) < 4.78 is 5.15. The van der Waals surface area contributed by atoms with Gasteiger partial charge in [0, 0.05) is 12.5 Å². The van der Waals surface area contributed by atoms with Gasteiger partial charge >= 0.3 is 5.97 Å². The topological polar surface area (TPSA) is 72.5 Å². The molecule has 4 nitrogen and oxygen atoms in total. The van der Waals surface area contributed by atoms with Gasteiger partial charge in [-0.25, -0.2) is 0 Å². The minimum atomic E-state index is -0.844. The highest BCUT2D eigenvalue weighted by Crippen LogP contribution is 2.32. The third-order valence-electron chi connectivity index (χ3n) is 2.86. The molecule has 0 bridgehead atoms. The lowest BCUT2D eigenvalue weighted by Crippen LogP contribution is -2.14. The average Bonchev–Trinajstić information content (AvgIpc) is 2.35. The summed E-state index contributed by atoms with van der Waals surface area (Å²) in [5, 5.41) is 9.17. The predicted octanol–water partition coefficient (Wildman–Crippen LogP) is 2.78. The first kappa shape index (κ1) is 14.8. The maximum atomic E-state index is 10.6. The van der Waals surface area contributed by atoms with Crippen molar-refractivity contribution in [3.05, 3.63) is 28.3 Å². The van der Waals surface area contributed by atoms with E-state index in [1.807, 2.05) is 13.0 Å². The number of rotatable bonds is 6. The number of halogens is 1. The minimum Gasteiger partial charge on any atom is -0.495 e. The van der Waals surface area contributed by atoms with Crippen molar-refractivity contribution in [3.63, 3.8) is 0 Å². The number of hydrogen-bond acceptors (Lipinski definition) is 3. The molecule has 1 aromatic rings. The van der Waals surface area contributed by atoms with Gasteiger partial charge in [-0.3, -0.25) is 4.79 Å². The summed E-state index contributed by atoms with van der Waals surface area (Å²) in [4.78, 5) is 10.6. The van der Waals surface area contributed by atoms with E-state index in [9.17, 15) is 4.79 Å². The van der Waals surface area contributed by atoms with Crippen LogP contribution in [0.5, 0.6) is 5.75 Å². The molecule has 3 N–H and O–H groups in total. The number of methoxy groups -OCH3 is 1. The van der Waals surface area contributed by atoms with Crippen LogP contribution in [0.2, 0.25) is 5.02 Å². The van der Waals surface area contributed by atoms with Crippen LogP contribution in [0.25, 0.3) is 0 Å². The predicted molar refractivity (Wildman–Crippen MR) is 71.2 cm³/mol. The van der Waals surface area contributed by atoms with Gasteiger partial charge in [-0.1, -0.05) is 18.5 Å². The SMILES string of the molecule is CCc1cc(OC)c(Cl)cc1C(N)CCC(=O)O. The number of carboxylic acids is 1. The van der Waals surface area contributed by atoms with Gasteiger partial charge in [-0.15, -0.1) is 0 Å². The van der Waals surface area contributed by atoms with Crippen LogP contribution >= 0.6 is 11.6 Å². The van der Waals surface area contributed by atoms with Gasteiger partial charge in [0.2, 0.25) is 0 Å². The molecule has 0 saturated heterocycles. The van der Waals surface area contributed by atoms with Crippen molar-refractivity contribution in [1.82, 2.24) is 0 Å². The van der Waals surface area contributed by atoms with Gasteiger partial charge in [-0.05, 0) is 36.1 Å². The third-order valence-corrected chi connectivity index (χ3v) is 3.16. The number of aliphatic carboxylic acids is 1. The zero-order valence-corrected chi connectivity index (χ0v) is 11.3. The smallest absolute Gasteiger partial charge is 0.303 e. The molecule has 0 aromatic heterocycles. The molecule has 1 atom stereocenters. The largest absolute Gasteiger partial charge is 0.495 e. The number of aryl methyl sites for hydroxylation is 1. The molecule has 100 valence electrons. The Bertz CT molecular complexity index is 434. The van der Waals surface area contributed by atoms with Crippen molar-refractivity contribution in [3.8, 4) is 5.75 Å². The highest BCUT2D eigenvalue weighted by Gasteiger charge is 2.15. The Kier molecular flexibility index (Phi) is 5.44. The molecule has 1 aromatic carbocycles. The molecule has 0 aliphatic carbocycles. The Balaban J connectivity index is 2.99. The van der Waals surface area contributed by atoms with Gasteiger partial charge in [0.05, 0.1) is 12.1 Å². The van der Waals surface area contributed by atoms with Crippen molar-refractivity contribution in [2.24, 2.45) is 5.73 Å². The van der Waals surface area contributed by atoms with E-state index in [-0.39, 0.29) is 12.5 Å². The second-order valence-electron chi connectivity index (χ2n) is 4.08. The number of carboxylic acid groups (broad SMARTS) is 1. The summed E-state index contributed by atoms with van der Waals surface area (Å²) in [6.45, 7) is 2.01. The first-order chi connectivity index (χ1) is 8.49. The fourth-order valence-electron chi connectivity index (χ4n) is 1.85. The molecule has 0 saturated carbocycles. The number of ether oxygens (including phenoxy) is 1. The summed E-state index contributed by atoms with van der Waals surface area (Å²) in [6.07, 6.45) is 1.24. The summed E-state index contributed by atoms with van der Waals surface area (Å²) in [7, 11) is 1.56. The van der Waals surface area contributed by atoms with E-state index in [0.717, 1.165) is 17.5 Å². The Morgan fingerprint density at radius 1 is 1.56 bits per heavy atom. The lowest BCUT2D eigenvalue weighted by atomic mass is 9.95. The first-order valence-electron chi connectivity index (χ1n) is 5.83. The van der Waals surface area contributed by atoms with Crippen LogP contribution in [0.3, 0.4) is 0 Å². The molecule has 1 unspecified atom stereocenters. The maximum absolute atomic E-state index is 10.6. The van der Waals surface area contributed by atoms with Crippen LogP contribution in [0.15, 0.2) is 12.1 Å². The summed E-state index contributed by atoms with van der Waals surface area (Å²) >= 11 is 6.07. The first-order valence-corrected chi connectivity index (χ1v) is 6.21. The second-order valence-corrected chi connectivity index (χ2v) is 4.49. The van der Waals surface area contributed by atoms with Crippen molar-refractivity contribution in [2.75, 3.05) is 7.11 Å². The van der Waals surface area contributed by atoms with Crippen molar-refractivity contribution < 1.29 is 14.6 Å². The van der Waals surface area contributed by atoms with Crippen molar-refractivity contribution >= 4 is 17.6 Å². The Morgan fingerprint density at radius 2 is 2.22 bits per heavy atom. The van der Waals surface area contributed by atoms with E-state index in [2.05, 4.69) is 0 Å². The van der Waals surface area contributed by atoms with Gasteiger partial charge in [0.25, 0.3) is 0 Å². The van der Waals surface area contributed by atoms with Crippen LogP contribution in [0.4, 0.5) is 0 Å². The molecule has 0 heterocycles. The lowest BCUT2D eigenvalue weighted by molar-refractivity contribution is -0.137. The van der Waals surface area contributed by atoms with Crippen LogP contribution in [0.1, 0.15) is 36.9 Å². The molecular formula is C13H18ClNO3. The fraction of sp³-hybridized carbons (Fsp3) is 0.462.